The molecule has 0 aromatic carbocycles. The fourth-order valence-corrected chi connectivity index (χ4v) is 5.34. The number of nitrogens with zero attached hydrogens (tertiary/aromatic N) is 1. The van der Waals surface area contributed by atoms with E-state index in [0.717, 1.165) is 0 Å². The number of amides is 3. The molecule has 3 amide bonds. The van der Waals surface area contributed by atoms with E-state index in [-0.39, 0.29) is 37.3 Å². The van der Waals surface area contributed by atoms with Crippen molar-refractivity contribution in [1.29, 1.82) is 0 Å². The number of carbonyl (C=O) groups is 3. The lowest BCUT2D eigenvalue weighted by molar-refractivity contribution is -0.282. The van der Waals surface area contributed by atoms with Gasteiger partial charge in [-0.3, -0.25) is 9.79 Å². The Morgan fingerprint density at radius 1 is 1.05 bits per heavy atom. The fraction of sp³-hybridized carbons (Fsp3) is 0.840. The van der Waals surface area contributed by atoms with E-state index in [1.165, 1.54) is 0 Å². The summed E-state index contributed by atoms with van der Waals surface area (Å²) >= 11 is 0. The number of aliphatic hydroxyl groups excluding tert-OH is 4. The van der Waals surface area contributed by atoms with Gasteiger partial charge in [0.05, 0.1) is 30.8 Å². The number of carboxylic acid groups (broad SMARTS) is 1. The summed E-state index contributed by atoms with van der Waals surface area (Å²) in [4.78, 5) is 41.8. The van der Waals surface area contributed by atoms with Gasteiger partial charge in [0, 0.05) is 6.04 Å². The van der Waals surface area contributed by atoms with E-state index in [1.54, 1.807) is 20.8 Å². The number of guanidine groups is 1. The van der Waals surface area contributed by atoms with Gasteiger partial charge in [0.1, 0.15) is 42.6 Å². The summed E-state index contributed by atoms with van der Waals surface area (Å²) in [6, 6.07) is -6.65. The summed E-state index contributed by atoms with van der Waals surface area (Å²) in [5, 5.41) is 62.8. The molecule has 0 bridgehead atoms. The molecule has 3 unspecified atom stereocenters. The van der Waals surface area contributed by atoms with Crippen molar-refractivity contribution < 1.29 is 49.4 Å². The number of nitrogens with one attached hydrogen (secondary N) is 4. The lowest BCUT2D eigenvalue weighted by Gasteiger charge is -2.46. The zero-order chi connectivity index (χ0) is 32.2. The molecule has 3 rings (SSSR count). The van der Waals surface area contributed by atoms with Gasteiger partial charge in [0.25, 0.3) is 0 Å². The number of aliphatic carboxylic acids is 1. The molecule has 18 nitrogen and oxygen atoms in total. The highest BCUT2D eigenvalue weighted by molar-refractivity contribution is 5.89. The maximum absolute atomic E-state index is 13.4. The van der Waals surface area contributed by atoms with Crippen LogP contribution in [-0.2, 0) is 19.1 Å². The van der Waals surface area contributed by atoms with E-state index in [4.69, 9.17) is 26.7 Å². The van der Waals surface area contributed by atoms with Gasteiger partial charge in [0.2, 0.25) is 5.91 Å². The van der Waals surface area contributed by atoms with Crippen molar-refractivity contribution in [3.05, 3.63) is 0 Å². The first-order valence-corrected chi connectivity index (χ1v) is 14.3. The van der Waals surface area contributed by atoms with Crippen LogP contribution in [0.25, 0.3) is 0 Å². The van der Waals surface area contributed by atoms with Gasteiger partial charge in [-0.2, -0.15) is 0 Å². The van der Waals surface area contributed by atoms with Crippen molar-refractivity contribution in [3.8, 4) is 0 Å². The smallest absolute Gasteiger partial charge is 0.326 e. The number of nitrogens with two attached hydrogens (primary N) is 3. The Morgan fingerprint density at radius 2 is 1.65 bits per heavy atom. The molecule has 2 fully saturated rings. The van der Waals surface area contributed by atoms with E-state index in [2.05, 4.69) is 26.3 Å². The molecule has 15 N–H and O–H groups in total. The Hall–Kier alpha value is -2.84. The first kappa shape index (κ1) is 34.6. The minimum Gasteiger partial charge on any atom is -0.480 e. The van der Waals surface area contributed by atoms with Crippen LogP contribution in [0, 0.1) is 5.92 Å². The molecule has 2 aliphatic heterocycles. The molecule has 0 radical (unpaired) electrons. The standard InChI is InChI=1S/C25H46N8O10/c1-8(2)4-14(22(39)40)32-25(41)31-13(5-10-7-29-24(28)30-10)21(38)33-15-16(34)18(36)20(19(37)17(15)35)43-23-12(27)6-11(26)9(3)42-23/h8-20,23,34-37H,4-7,26-27H2,1-3H3,(H,33,38)(H,39,40)(H3,28,29,30)(H2,31,32,41)/t9-,10?,11+,12+,13?,14?,15?,16+,17+,18+,19+,20?,23-/m1/s1. The highest BCUT2D eigenvalue weighted by Gasteiger charge is 2.52. The van der Waals surface area contributed by atoms with Crippen molar-refractivity contribution in [3.63, 3.8) is 0 Å². The van der Waals surface area contributed by atoms with Crippen LogP contribution in [-0.4, -0.2) is 135 Å². The van der Waals surface area contributed by atoms with Crippen molar-refractivity contribution in [2.75, 3.05) is 6.54 Å². The Balaban J connectivity index is 1.70. The maximum Gasteiger partial charge on any atom is 0.326 e. The fourth-order valence-electron chi connectivity index (χ4n) is 5.34. The van der Waals surface area contributed by atoms with E-state index in [1.807, 2.05) is 0 Å². The van der Waals surface area contributed by atoms with Crippen LogP contribution in [0.15, 0.2) is 4.99 Å². The van der Waals surface area contributed by atoms with Crippen LogP contribution >= 0.6 is 0 Å². The minimum absolute atomic E-state index is 0.0513. The largest absolute Gasteiger partial charge is 0.480 e. The zero-order valence-electron chi connectivity index (χ0n) is 24.4. The molecule has 1 saturated heterocycles. The number of ether oxygens (including phenoxy) is 2. The summed E-state index contributed by atoms with van der Waals surface area (Å²) < 4.78 is 11.3. The molecule has 3 aliphatic rings. The number of hydrogen-bond donors (Lipinski definition) is 12. The molecule has 18 heteroatoms. The molecule has 2 heterocycles. The van der Waals surface area contributed by atoms with E-state index >= 15 is 0 Å². The van der Waals surface area contributed by atoms with E-state index < -0.39 is 91.0 Å². The number of hydrogen-bond acceptors (Lipinski definition) is 14. The van der Waals surface area contributed by atoms with Crippen LogP contribution in [0.5, 0.6) is 0 Å². The second-order valence-electron chi connectivity index (χ2n) is 11.9. The third-order valence-corrected chi connectivity index (χ3v) is 7.84. The normalized spacial score (nSPS) is 37.5. The number of aliphatic imine (C=N–C) groups is 1. The molecular weight excluding hydrogens is 572 g/mol. The summed E-state index contributed by atoms with van der Waals surface area (Å²) in [6.07, 6.45) is -9.93. The highest BCUT2D eigenvalue weighted by Crippen LogP contribution is 2.28. The predicted molar refractivity (Wildman–Crippen MR) is 150 cm³/mol. The van der Waals surface area contributed by atoms with Gasteiger partial charge >= 0.3 is 12.0 Å². The van der Waals surface area contributed by atoms with Gasteiger partial charge in [-0.15, -0.1) is 0 Å². The molecule has 1 aliphatic carbocycles. The summed E-state index contributed by atoms with van der Waals surface area (Å²) in [5.41, 5.74) is 17.7. The second-order valence-corrected chi connectivity index (χ2v) is 11.9. The second kappa shape index (κ2) is 14.8. The molecule has 246 valence electrons. The predicted octanol–water partition coefficient (Wildman–Crippen LogP) is -5.05. The SMILES string of the molecule is CC(C)CC(NC(=O)NC(CC1CN=C(N)N1)C(=O)NC1[C@H](O)[C@H](O)C(O[C@H]2O[C@H](C)[C@@H](N)C[C@@H]2N)[C@@H](O)[C@H]1O)C(=O)O. The molecule has 1 saturated carbocycles. The zero-order valence-corrected chi connectivity index (χ0v) is 24.4. The maximum atomic E-state index is 13.4. The molecular formula is C25H46N8O10. The van der Waals surface area contributed by atoms with Crippen molar-refractivity contribution in [2.45, 2.75) is 119 Å². The van der Waals surface area contributed by atoms with Gasteiger partial charge < -0.3 is 73.5 Å². The number of urea groups is 1. The van der Waals surface area contributed by atoms with Crippen LogP contribution < -0.4 is 38.5 Å². The Labute approximate surface area is 248 Å². The van der Waals surface area contributed by atoms with Gasteiger partial charge in [-0.25, -0.2) is 9.59 Å². The van der Waals surface area contributed by atoms with Crippen molar-refractivity contribution >= 4 is 23.9 Å². The lowest BCUT2D eigenvalue weighted by atomic mass is 9.82. The van der Waals surface area contributed by atoms with E-state index in [9.17, 15) is 39.9 Å². The third-order valence-electron chi connectivity index (χ3n) is 7.84. The number of aliphatic hydroxyl groups is 4. The first-order chi connectivity index (χ1) is 20.1. The molecule has 0 aromatic heterocycles. The van der Waals surface area contributed by atoms with Gasteiger partial charge in [-0.1, -0.05) is 13.8 Å². The average Bonchev–Trinajstić information content (AvgIpc) is 3.33. The molecule has 43 heavy (non-hydrogen) atoms. The van der Waals surface area contributed by atoms with Gasteiger partial charge in [-0.05, 0) is 32.1 Å². The summed E-state index contributed by atoms with van der Waals surface area (Å²) in [6.45, 7) is 5.46. The molecule has 11 atom stereocenters. The average molecular weight is 619 g/mol. The van der Waals surface area contributed by atoms with E-state index in [0.29, 0.717) is 6.42 Å². The van der Waals surface area contributed by atoms with Gasteiger partial charge in [0.15, 0.2) is 12.2 Å². The summed E-state index contributed by atoms with van der Waals surface area (Å²) in [7, 11) is 0. The monoisotopic (exact) mass is 618 g/mol. The third kappa shape index (κ3) is 8.85. The van der Waals surface area contributed by atoms with Crippen LogP contribution in [0.3, 0.4) is 0 Å². The Kier molecular flexibility index (Phi) is 11.9. The minimum atomic E-state index is -1.83. The molecule has 0 spiro atoms. The number of rotatable bonds is 11. The number of carbonyl (C=O) groups excluding carboxylic acids is 2. The summed E-state index contributed by atoms with van der Waals surface area (Å²) in [5.74, 6) is -2.08. The first-order valence-electron chi connectivity index (χ1n) is 14.3. The van der Waals surface area contributed by atoms with Crippen LogP contribution in [0.4, 0.5) is 4.79 Å². The lowest BCUT2D eigenvalue weighted by Crippen LogP contribution is -2.71. The van der Waals surface area contributed by atoms with Crippen LogP contribution in [0.1, 0.15) is 40.0 Å². The number of carboxylic acids is 1. The molecule has 0 aromatic rings. The quantitative estimate of drug-likeness (QED) is 0.103. The van der Waals surface area contributed by atoms with Crippen LogP contribution in [0.2, 0.25) is 0 Å². The Bertz CT molecular complexity index is 1000. The Morgan fingerprint density at radius 3 is 2.19 bits per heavy atom. The van der Waals surface area contributed by atoms with Crippen molar-refractivity contribution in [2.24, 2.45) is 28.1 Å². The van der Waals surface area contributed by atoms with Crippen molar-refractivity contribution in [1.82, 2.24) is 21.3 Å². The highest BCUT2D eigenvalue weighted by atomic mass is 16.7. The topological polar surface area (TPSA) is 309 Å².